The molecule has 0 atom stereocenters. The fourth-order valence-corrected chi connectivity index (χ4v) is 9.75. The Bertz CT molecular complexity index is 2970. The molecule has 3 nitrogen and oxygen atoms in total. The number of hydrogen-bond donors (Lipinski definition) is 0. The van der Waals surface area contributed by atoms with Crippen molar-refractivity contribution < 1.29 is 0 Å². The monoisotopic (exact) mass is 741 g/mol. The van der Waals surface area contributed by atoms with E-state index in [1.807, 2.05) is 18.2 Å². The van der Waals surface area contributed by atoms with E-state index in [1.165, 1.54) is 44.5 Å². The third-order valence-corrected chi connectivity index (χ3v) is 12.4. The molecule has 0 saturated heterocycles. The topological polar surface area (TPSA) is 38.7 Å². The van der Waals surface area contributed by atoms with Crippen molar-refractivity contribution in [3.63, 3.8) is 0 Å². The number of benzene rings is 8. The molecule has 274 valence electrons. The summed E-state index contributed by atoms with van der Waals surface area (Å²) in [6, 6.07) is 71.9. The Kier molecular flexibility index (Phi) is 7.74. The van der Waals surface area contributed by atoms with Crippen LogP contribution in [-0.2, 0) is 10.8 Å². The van der Waals surface area contributed by atoms with E-state index in [2.05, 4.69) is 196 Å². The van der Waals surface area contributed by atoms with Crippen molar-refractivity contribution in [3.8, 4) is 67.5 Å². The van der Waals surface area contributed by atoms with E-state index >= 15 is 0 Å². The van der Waals surface area contributed by atoms with Gasteiger partial charge in [0, 0.05) is 22.1 Å². The number of hydrogen-bond acceptors (Lipinski definition) is 3. The van der Waals surface area contributed by atoms with Crippen molar-refractivity contribution in [2.75, 3.05) is 0 Å². The Morgan fingerprint density at radius 3 is 1.36 bits per heavy atom. The van der Waals surface area contributed by atoms with Gasteiger partial charge in [0.15, 0.2) is 17.5 Å². The molecule has 0 aliphatic heterocycles. The van der Waals surface area contributed by atoms with Crippen LogP contribution < -0.4 is 0 Å². The van der Waals surface area contributed by atoms with Crippen molar-refractivity contribution >= 4 is 0 Å². The van der Waals surface area contributed by atoms with E-state index in [1.54, 1.807) is 0 Å². The fourth-order valence-electron chi connectivity index (χ4n) is 9.75. The van der Waals surface area contributed by atoms with E-state index in [0.29, 0.717) is 17.5 Å². The average Bonchev–Trinajstić information content (AvgIpc) is 3.59. The zero-order valence-corrected chi connectivity index (χ0v) is 32.4. The molecule has 1 heterocycles. The molecular formula is C55H39N3. The molecule has 0 amide bonds. The molecule has 0 unspecified atom stereocenters. The van der Waals surface area contributed by atoms with Gasteiger partial charge in [-0.2, -0.15) is 0 Å². The highest BCUT2D eigenvalue weighted by atomic mass is 15.0. The molecule has 11 rings (SSSR count). The Morgan fingerprint density at radius 1 is 0.276 bits per heavy atom. The minimum atomic E-state index is -0.517. The van der Waals surface area contributed by atoms with Crippen LogP contribution in [-0.4, -0.2) is 15.0 Å². The van der Waals surface area contributed by atoms with Crippen LogP contribution in [0.5, 0.6) is 0 Å². The van der Waals surface area contributed by atoms with Gasteiger partial charge in [-0.05, 0) is 85.0 Å². The van der Waals surface area contributed by atoms with Crippen LogP contribution in [0.1, 0.15) is 47.2 Å². The average molecular weight is 742 g/mol. The van der Waals surface area contributed by atoms with Crippen molar-refractivity contribution in [2.45, 2.75) is 24.7 Å². The quantitative estimate of drug-likeness (QED) is 0.176. The third kappa shape index (κ3) is 5.10. The van der Waals surface area contributed by atoms with Crippen LogP contribution in [0.2, 0.25) is 0 Å². The predicted molar refractivity (Wildman–Crippen MR) is 236 cm³/mol. The van der Waals surface area contributed by atoms with Gasteiger partial charge >= 0.3 is 0 Å². The fraction of sp³-hybridized carbons (Fsp3) is 0.0727. The Hall–Kier alpha value is -7.23. The molecule has 0 bridgehead atoms. The van der Waals surface area contributed by atoms with Crippen molar-refractivity contribution in [2.24, 2.45) is 0 Å². The van der Waals surface area contributed by atoms with E-state index in [0.717, 1.165) is 38.9 Å². The summed E-state index contributed by atoms with van der Waals surface area (Å²) in [5.41, 5.74) is 17.1. The van der Waals surface area contributed by atoms with Gasteiger partial charge in [0.1, 0.15) is 0 Å². The summed E-state index contributed by atoms with van der Waals surface area (Å²) < 4.78 is 0. The highest BCUT2D eigenvalue weighted by Gasteiger charge is 2.53. The molecule has 2 aliphatic rings. The number of aromatic nitrogens is 3. The summed E-state index contributed by atoms with van der Waals surface area (Å²) in [6.45, 7) is 4.73. The normalized spacial score (nSPS) is 14.0. The van der Waals surface area contributed by atoms with Gasteiger partial charge in [0.25, 0.3) is 0 Å². The molecule has 0 radical (unpaired) electrons. The first-order valence-electron chi connectivity index (χ1n) is 20.0. The SMILES string of the molecule is CC1(C)c2ccccc2C2(c3ccccc3-c3ccc(-c4nc(-c5ccccc5)nc(-c5ccc(-c6ccccc6)cc5-c5ccccc5)n4)cc32)c2ccccc21. The summed E-state index contributed by atoms with van der Waals surface area (Å²) in [7, 11) is 0. The van der Waals surface area contributed by atoms with E-state index in [4.69, 9.17) is 15.0 Å². The lowest BCUT2D eigenvalue weighted by molar-refractivity contribution is 0.563. The second kappa shape index (κ2) is 13.2. The van der Waals surface area contributed by atoms with Crippen LogP contribution >= 0.6 is 0 Å². The van der Waals surface area contributed by atoms with Crippen molar-refractivity contribution in [1.29, 1.82) is 0 Å². The molecule has 0 saturated carbocycles. The third-order valence-electron chi connectivity index (χ3n) is 12.4. The van der Waals surface area contributed by atoms with Gasteiger partial charge in [-0.1, -0.05) is 196 Å². The van der Waals surface area contributed by atoms with E-state index in [9.17, 15) is 0 Å². The van der Waals surface area contributed by atoms with Gasteiger partial charge in [0.2, 0.25) is 0 Å². The second-order valence-corrected chi connectivity index (χ2v) is 15.9. The maximum atomic E-state index is 5.39. The summed E-state index contributed by atoms with van der Waals surface area (Å²) in [6.07, 6.45) is 0. The maximum absolute atomic E-state index is 5.39. The van der Waals surface area contributed by atoms with Crippen LogP contribution in [0.4, 0.5) is 0 Å². The highest BCUT2D eigenvalue weighted by molar-refractivity contribution is 5.90. The molecule has 0 N–H and O–H groups in total. The van der Waals surface area contributed by atoms with Crippen molar-refractivity contribution in [1.82, 2.24) is 15.0 Å². The minimum absolute atomic E-state index is 0.173. The number of fused-ring (bicyclic) bond motifs is 9. The zero-order valence-electron chi connectivity index (χ0n) is 32.4. The standard InChI is InChI=1S/C55H39N3/c1-54(2)46-26-14-16-28-48(46)55(49-29-17-15-27-47(49)54)45-25-13-12-24-41(45)42-32-31-40(35-50(42)55)52-56-51(38-22-10-5-11-23-38)57-53(58-52)43-33-30-39(36-18-6-3-7-19-36)34-44(43)37-20-8-4-9-21-37/h3-35H,1-2H3. The predicted octanol–water partition coefficient (Wildman–Crippen LogP) is 13.2. The molecule has 9 aromatic rings. The largest absolute Gasteiger partial charge is 0.208 e. The lowest BCUT2D eigenvalue weighted by atomic mass is 9.55. The minimum Gasteiger partial charge on any atom is -0.208 e. The Balaban J connectivity index is 1.17. The first-order valence-corrected chi connectivity index (χ1v) is 20.0. The molecule has 1 spiro atoms. The molecule has 2 aliphatic carbocycles. The first kappa shape index (κ1) is 34.1. The summed E-state index contributed by atoms with van der Waals surface area (Å²) in [5, 5.41) is 0. The molecule has 58 heavy (non-hydrogen) atoms. The second-order valence-electron chi connectivity index (χ2n) is 15.9. The van der Waals surface area contributed by atoms with Gasteiger partial charge in [-0.3, -0.25) is 0 Å². The molecule has 3 heteroatoms. The lowest BCUT2D eigenvalue weighted by Crippen LogP contribution is -2.40. The van der Waals surface area contributed by atoms with Crippen LogP contribution in [0.3, 0.4) is 0 Å². The number of rotatable bonds is 5. The van der Waals surface area contributed by atoms with E-state index < -0.39 is 5.41 Å². The Labute approximate surface area is 339 Å². The first-order chi connectivity index (χ1) is 28.5. The number of nitrogens with zero attached hydrogens (tertiary/aromatic N) is 3. The van der Waals surface area contributed by atoms with Crippen LogP contribution in [0, 0.1) is 0 Å². The smallest absolute Gasteiger partial charge is 0.164 e. The van der Waals surface area contributed by atoms with Gasteiger partial charge in [-0.25, -0.2) is 15.0 Å². The summed E-state index contributed by atoms with van der Waals surface area (Å²) in [4.78, 5) is 15.9. The molecule has 8 aromatic carbocycles. The lowest BCUT2D eigenvalue weighted by Gasteiger charge is -2.46. The van der Waals surface area contributed by atoms with Crippen molar-refractivity contribution in [3.05, 3.63) is 234 Å². The van der Waals surface area contributed by atoms with Gasteiger partial charge in [0.05, 0.1) is 5.41 Å². The van der Waals surface area contributed by atoms with E-state index in [-0.39, 0.29) is 5.41 Å². The van der Waals surface area contributed by atoms with Crippen LogP contribution in [0.25, 0.3) is 67.5 Å². The summed E-state index contributed by atoms with van der Waals surface area (Å²) in [5.74, 6) is 1.91. The summed E-state index contributed by atoms with van der Waals surface area (Å²) >= 11 is 0. The molecule has 1 aromatic heterocycles. The van der Waals surface area contributed by atoms with Gasteiger partial charge < -0.3 is 0 Å². The molecular weight excluding hydrogens is 703 g/mol. The maximum Gasteiger partial charge on any atom is 0.164 e. The molecule has 0 fully saturated rings. The van der Waals surface area contributed by atoms with Crippen LogP contribution in [0.15, 0.2) is 200 Å². The zero-order chi connectivity index (χ0) is 38.8. The Morgan fingerprint density at radius 2 is 0.724 bits per heavy atom. The highest BCUT2D eigenvalue weighted by Crippen LogP contribution is 2.62. The van der Waals surface area contributed by atoms with Gasteiger partial charge in [-0.15, -0.1) is 0 Å².